The molecule has 5 heteroatoms. The van der Waals surface area contributed by atoms with E-state index in [9.17, 15) is 4.79 Å². The summed E-state index contributed by atoms with van der Waals surface area (Å²) in [6.07, 6.45) is 2.03. The van der Waals surface area contributed by atoms with Crippen molar-refractivity contribution in [2.45, 2.75) is 50.6 Å². The van der Waals surface area contributed by atoms with Crippen molar-refractivity contribution in [1.29, 1.82) is 0 Å². The third kappa shape index (κ3) is 5.83. The second-order valence-electron chi connectivity index (χ2n) is 6.47. The first-order chi connectivity index (χ1) is 11.1. The van der Waals surface area contributed by atoms with Crippen LogP contribution in [0.25, 0.3) is 0 Å². The van der Waals surface area contributed by atoms with E-state index < -0.39 is 0 Å². The standard InChI is InChI=1S/C18H29N3OS/c1-3-13(2)17(20-11-15-9-16(23)12-19-15)18(22)21-10-14-7-5-4-6-8-14/h4-8,13,15-17,19-20,23H,3,9-12H2,1-2H3,(H,21,22)/t13-,15+,16+,17-/m0/s1. The van der Waals surface area contributed by atoms with Gasteiger partial charge in [0.1, 0.15) is 0 Å². The average Bonchev–Trinajstić information content (AvgIpc) is 2.99. The van der Waals surface area contributed by atoms with Crippen molar-refractivity contribution in [1.82, 2.24) is 16.0 Å². The molecule has 0 bridgehead atoms. The number of amides is 1. The van der Waals surface area contributed by atoms with Gasteiger partial charge in [0.25, 0.3) is 0 Å². The van der Waals surface area contributed by atoms with Gasteiger partial charge in [0.2, 0.25) is 5.91 Å². The maximum Gasteiger partial charge on any atom is 0.237 e. The number of benzene rings is 1. The molecular formula is C18H29N3OS. The lowest BCUT2D eigenvalue weighted by Crippen LogP contribution is -2.50. The maximum absolute atomic E-state index is 12.6. The molecule has 1 aromatic rings. The summed E-state index contributed by atoms with van der Waals surface area (Å²) in [4.78, 5) is 12.6. The van der Waals surface area contributed by atoms with E-state index in [4.69, 9.17) is 0 Å². The summed E-state index contributed by atoms with van der Waals surface area (Å²) in [5, 5.41) is 10.4. The number of thiol groups is 1. The van der Waals surface area contributed by atoms with E-state index in [1.807, 2.05) is 30.3 Å². The van der Waals surface area contributed by atoms with E-state index >= 15 is 0 Å². The minimum Gasteiger partial charge on any atom is -0.351 e. The van der Waals surface area contributed by atoms with E-state index in [1.54, 1.807) is 0 Å². The van der Waals surface area contributed by atoms with Crippen LogP contribution in [0, 0.1) is 5.92 Å². The van der Waals surface area contributed by atoms with Crippen LogP contribution < -0.4 is 16.0 Å². The molecule has 128 valence electrons. The highest BCUT2D eigenvalue weighted by molar-refractivity contribution is 7.81. The van der Waals surface area contributed by atoms with Gasteiger partial charge in [-0.25, -0.2) is 0 Å². The molecule has 1 heterocycles. The van der Waals surface area contributed by atoms with Gasteiger partial charge in [0, 0.05) is 30.9 Å². The summed E-state index contributed by atoms with van der Waals surface area (Å²) >= 11 is 4.50. The quantitative estimate of drug-likeness (QED) is 0.550. The fourth-order valence-electron chi connectivity index (χ4n) is 2.91. The summed E-state index contributed by atoms with van der Waals surface area (Å²) in [5.74, 6) is 0.391. The number of hydrogen-bond acceptors (Lipinski definition) is 4. The lowest BCUT2D eigenvalue weighted by Gasteiger charge is -2.25. The molecule has 1 aliphatic rings. The Morgan fingerprint density at radius 1 is 1.39 bits per heavy atom. The molecule has 2 rings (SSSR count). The van der Waals surface area contributed by atoms with Crippen LogP contribution in [0.1, 0.15) is 32.3 Å². The van der Waals surface area contributed by atoms with Crippen molar-refractivity contribution in [2.24, 2.45) is 5.92 Å². The number of nitrogens with one attached hydrogen (secondary N) is 3. The third-order valence-electron chi connectivity index (χ3n) is 4.59. The van der Waals surface area contributed by atoms with Crippen molar-refractivity contribution >= 4 is 18.5 Å². The normalized spacial score (nSPS) is 23.4. The van der Waals surface area contributed by atoms with Gasteiger partial charge in [0.05, 0.1) is 6.04 Å². The number of carbonyl (C=O) groups is 1. The molecular weight excluding hydrogens is 306 g/mol. The Bertz CT molecular complexity index is 482. The summed E-state index contributed by atoms with van der Waals surface area (Å²) < 4.78 is 0. The van der Waals surface area contributed by atoms with Crippen LogP contribution >= 0.6 is 12.6 Å². The van der Waals surface area contributed by atoms with Crippen LogP contribution in [-0.4, -0.2) is 36.3 Å². The smallest absolute Gasteiger partial charge is 0.237 e. The molecule has 4 atom stereocenters. The van der Waals surface area contributed by atoms with E-state index in [0.29, 0.717) is 23.8 Å². The molecule has 0 aliphatic carbocycles. The van der Waals surface area contributed by atoms with Gasteiger partial charge in [0.15, 0.2) is 0 Å². The van der Waals surface area contributed by atoms with Gasteiger partial charge < -0.3 is 16.0 Å². The zero-order valence-electron chi connectivity index (χ0n) is 14.1. The van der Waals surface area contributed by atoms with Gasteiger partial charge >= 0.3 is 0 Å². The average molecular weight is 336 g/mol. The SMILES string of the molecule is CC[C@H](C)[C@H](NC[C@H]1C[C@@H](S)CN1)C(=O)NCc1ccccc1. The van der Waals surface area contributed by atoms with Crippen LogP contribution in [0.2, 0.25) is 0 Å². The molecule has 1 aromatic carbocycles. The summed E-state index contributed by atoms with van der Waals surface area (Å²) in [5.41, 5.74) is 1.12. The van der Waals surface area contributed by atoms with Crippen LogP contribution in [0.4, 0.5) is 0 Å². The molecule has 3 N–H and O–H groups in total. The highest BCUT2D eigenvalue weighted by atomic mass is 32.1. The van der Waals surface area contributed by atoms with E-state index in [0.717, 1.165) is 31.5 Å². The van der Waals surface area contributed by atoms with Crippen LogP contribution in [0.3, 0.4) is 0 Å². The Morgan fingerprint density at radius 2 is 2.13 bits per heavy atom. The monoisotopic (exact) mass is 335 g/mol. The molecule has 0 spiro atoms. The predicted octanol–water partition coefficient (Wildman–Crippen LogP) is 1.97. The molecule has 0 saturated carbocycles. The van der Waals surface area contributed by atoms with Gasteiger partial charge in [-0.05, 0) is 17.9 Å². The van der Waals surface area contributed by atoms with Crippen LogP contribution in [0.15, 0.2) is 30.3 Å². The summed E-state index contributed by atoms with van der Waals surface area (Å²) in [6.45, 7) is 6.59. The van der Waals surface area contributed by atoms with E-state index in [1.165, 1.54) is 0 Å². The molecule has 1 aliphatic heterocycles. The van der Waals surface area contributed by atoms with Gasteiger partial charge in [-0.1, -0.05) is 50.6 Å². The maximum atomic E-state index is 12.6. The fraction of sp³-hybridized carbons (Fsp3) is 0.611. The summed E-state index contributed by atoms with van der Waals surface area (Å²) in [7, 11) is 0. The third-order valence-corrected chi connectivity index (χ3v) is 4.98. The molecule has 4 nitrogen and oxygen atoms in total. The number of rotatable bonds is 8. The second kappa shape index (κ2) is 9.30. The molecule has 0 radical (unpaired) electrons. The first-order valence-electron chi connectivity index (χ1n) is 8.56. The Kier molecular flexibility index (Phi) is 7.40. The Labute approximate surface area is 145 Å². The van der Waals surface area contributed by atoms with Gasteiger partial charge in [-0.2, -0.15) is 12.6 Å². The predicted molar refractivity (Wildman–Crippen MR) is 98.7 cm³/mol. The Hall–Kier alpha value is -1.04. The van der Waals surface area contributed by atoms with Crippen LogP contribution in [0.5, 0.6) is 0 Å². The minimum absolute atomic E-state index is 0.0867. The van der Waals surface area contributed by atoms with E-state index in [2.05, 4.69) is 42.4 Å². The van der Waals surface area contributed by atoms with Crippen molar-refractivity contribution in [3.8, 4) is 0 Å². The Morgan fingerprint density at radius 3 is 2.74 bits per heavy atom. The van der Waals surface area contributed by atoms with E-state index in [-0.39, 0.29) is 11.9 Å². The molecule has 1 saturated heterocycles. The summed E-state index contributed by atoms with van der Waals surface area (Å²) in [6, 6.07) is 10.3. The minimum atomic E-state index is -0.149. The van der Waals surface area contributed by atoms with Gasteiger partial charge in [-0.15, -0.1) is 0 Å². The second-order valence-corrected chi connectivity index (χ2v) is 7.20. The number of hydrogen-bond donors (Lipinski definition) is 4. The van der Waals surface area contributed by atoms with Crippen molar-refractivity contribution < 1.29 is 4.79 Å². The highest BCUT2D eigenvalue weighted by Gasteiger charge is 2.26. The Balaban J connectivity index is 1.85. The van der Waals surface area contributed by atoms with Gasteiger partial charge in [-0.3, -0.25) is 4.79 Å². The molecule has 23 heavy (non-hydrogen) atoms. The van der Waals surface area contributed by atoms with Crippen LogP contribution in [-0.2, 0) is 11.3 Å². The molecule has 0 unspecified atom stereocenters. The first-order valence-corrected chi connectivity index (χ1v) is 9.08. The topological polar surface area (TPSA) is 53.2 Å². The van der Waals surface area contributed by atoms with Crippen molar-refractivity contribution in [3.63, 3.8) is 0 Å². The molecule has 0 aromatic heterocycles. The fourth-order valence-corrected chi connectivity index (χ4v) is 3.27. The lowest BCUT2D eigenvalue weighted by atomic mass is 9.98. The zero-order valence-corrected chi connectivity index (χ0v) is 15.0. The highest BCUT2D eigenvalue weighted by Crippen LogP contribution is 2.13. The largest absolute Gasteiger partial charge is 0.351 e. The first kappa shape index (κ1) is 18.3. The lowest BCUT2D eigenvalue weighted by molar-refractivity contribution is -0.124. The zero-order chi connectivity index (χ0) is 16.7. The number of carbonyl (C=O) groups excluding carboxylic acids is 1. The van der Waals surface area contributed by atoms with Crippen molar-refractivity contribution in [3.05, 3.63) is 35.9 Å². The van der Waals surface area contributed by atoms with Crippen molar-refractivity contribution in [2.75, 3.05) is 13.1 Å². The molecule has 1 amide bonds. The molecule has 1 fully saturated rings.